The van der Waals surface area contributed by atoms with Crippen molar-refractivity contribution < 1.29 is 9.47 Å². The Bertz CT molecular complexity index is 576. The third kappa shape index (κ3) is 3.15. The van der Waals surface area contributed by atoms with Crippen LogP contribution >= 0.6 is 15.9 Å². The number of halogens is 1. The van der Waals surface area contributed by atoms with Crippen LogP contribution in [0.3, 0.4) is 0 Å². The van der Waals surface area contributed by atoms with Gasteiger partial charge in [0, 0.05) is 15.6 Å². The van der Waals surface area contributed by atoms with E-state index in [1.807, 2.05) is 18.2 Å². The lowest BCUT2D eigenvalue weighted by Crippen LogP contribution is -2.16. The van der Waals surface area contributed by atoms with Crippen molar-refractivity contribution in [2.45, 2.75) is 0 Å². The van der Waals surface area contributed by atoms with E-state index in [0.29, 0.717) is 34.7 Å². The van der Waals surface area contributed by atoms with E-state index >= 15 is 0 Å². The molecular weight excluding hydrogens is 306 g/mol. The molecule has 1 N–H and O–H groups in total. The fraction of sp³-hybridized carbons (Fsp3) is 0.133. The van der Waals surface area contributed by atoms with Gasteiger partial charge in [-0.25, -0.2) is 0 Å². The summed E-state index contributed by atoms with van der Waals surface area (Å²) in [5.41, 5.74) is 1.82. The van der Waals surface area contributed by atoms with E-state index in [1.165, 1.54) is 0 Å². The predicted molar refractivity (Wildman–Crippen MR) is 80.6 cm³/mol. The molecule has 0 aliphatic carbocycles. The molecule has 0 saturated heterocycles. The van der Waals surface area contributed by atoms with Crippen LogP contribution in [0.1, 0.15) is 5.56 Å². The predicted octanol–water partition coefficient (Wildman–Crippen LogP) is 3.85. The highest BCUT2D eigenvalue weighted by Crippen LogP contribution is 2.31. The lowest BCUT2D eigenvalue weighted by Gasteiger charge is -2.19. The first-order valence-corrected chi connectivity index (χ1v) is 6.58. The summed E-state index contributed by atoms with van der Waals surface area (Å²) in [6, 6.07) is 5.47. The molecule has 0 amide bonds. The zero-order valence-corrected chi connectivity index (χ0v) is 12.0. The molecule has 1 aromatic carbocycles. The number of allylic oxidation sites excluding steroid dienone is 4. The van der Waals surface area contributed by atoms with Crippen LogP contribution in [-0.4, -0.2) is 18.9 Å². The fourth-order valence-corrected chi connectivity index (χ4v) is 2.01. The van der Waals surface area contributed by atoms with Gasteiger partial charge in [-0.1, -0.05) is 35.2 Å². The van der Waals surface area contributed by atoms with E-state index in [0.717, 1.165) is 11.3 Å². The molecule has 3 nitrogen and oxygen atoms in total. The van der Waals surface area contributed by atoms with Gasteiger partial charge in [-0.3, -0.25) is 5.41 Å². The summed E-state index contributed by atoms with van der Waals surface area (Å²) in [5, 5.41) is 8.20. The summed E-state index contributed by atoms with van der Waals surface area (Å²) in [4.78, 5) is 0. The lowest BCUT2D eigenvalue weighted by molar-refractivity contribution is 0.171. The number of benzene rings is 1. The number of rotatable bonds is 4. The Morgan fingerprint density at radius 3 is 2.58 bits per heavy atom. The normalized spacial score (nSPS) is 13.8. The molecule has 0 aromatic heterocycles. The molecule has 0 fully saturated rings. The van der Waals surface area contributed by atoms with Crippen LogP contribution < -0.4 is 9.47 Å². The molecule has 0 saturated carbocycles. The first-order valence-electron chi connectivity index (χ1n) is 5.79. The van der Waals surface area contributed by atoms with Gasteiger partial charge in [0.25, 0.3) is 0 Å². The molecule has 0 spiro atoms. The molecule has 98 valence electrons. The van der Waals surface area contributed by atoms with Crippen LogP contribution in [0.2, 0.25) is 0 Å². The van der Waals surface area contributed by atoms with Gasteiger partial charge in [0.2, 0.25) is 0 Å². The summed E-state index contributed by atoms with van der Waals surface area (Å²) >= 11 is 3.26. The van der Waals surface area contributed by atoms with Crippen molar-refractivity contribution >= 4 is 21.6 Å². The molecule has 2 rings (SSSR count). The molecule has 1 aliphatic rings. The smallest absolute Gasteiger partial charge is 0.162 e. The van der Waals surface area contributed by atoms with Crippen LogP contribution in [-0.2, 0) is 0 Å². The van der Waals surface area contributed by atoms with Crippen molar-refractivity contribution in [2.24, 2.45) is 0 Å². The molecule has 0 bridgehead atoms. The highest BCUT2D eigenvalue weighted by molar-refractivity contribution is 9.11. The van der Waals surface area contributed by atoms with E-state index in [9.17, 15) is 0 Å². The summed E-state index contributed by atoms with van der Waals surface area (Å²) in [6.45, 7) is 8.56. The van der Waals surface area contributed by atoms with Gasteiger partial charge in [0.1, 0.15) is 13.2 Å². The van der Waals surface area contributed by atoms with Crippen molar-refractivity contribution in [3.8, 4) is 11.5 Å². The van der Waals surface area contributed by atoms with Crippen LogP contribution in [0.4, 0.5) is 0 Å². The summed E-state index contributed by atoms with van der Waals surface area (Å²) in [6.07, 6.45) is 3.39. The van der Waals surface area contributed by atoms with E-state index in [-0.39, 0.29) is 0 Å². The minimum absolute atomic E-state index is 0.368. The first kappa shape index (κ1) is 13.6. The molecule has 4 heteroatoms. The minimum Gasteiger partial charge on any atom is -0.486 e. The van der Waals surface area contributed by atoms with Crippen molar-refractivity contribution in [3.63, 3.8) is 0 Å². The van der Waals surface area contributed by atoms with Crippen LogP contribution in [0, 0.1) is 5.41 Å². The number of fused-ring (bicyclic) bond motifs is 1. The molecule has 1 heterocycles. The van der Waals surface area contributed by atoms with Gasteiger partial charge in [0.05, 0.1) is 5.71 Å². The molecule has 1 aliphatic heterocycles. The van der Waals surface area contributed by atoms with Gasteiger partial charge < -0.3 is 9.47 Å². The Morgan fingerprint density at radius 2 is 1.95 bits per heavy atom. The zero-order valence-electron chi connectivity index (χ0n) is 10.4. The topological polar surface area (TPSA) is 42.3 Å². The maximum Gasteiger partial charge on any atom is 0.162 e. The van der Waals surface area contributed by atoms with Crippen LogP contribution in [0.5, 0.6) is 11.5 Å². The zero-order chi connectivity index (χ0) is 13.8. The monoisotopic (exact) mass is 319 g/mol. The Balaban J connectivity index is 2.33. The van der Waals surface area contributed by atoms with E-state index in [2.05, 4.69) is 29.1 Å². The molecule has 0 radical (unpaired) electrons. The number of nitrogens with one attached hydrogen (secondary N) is 1. The van der Waals surface area contributed by atoms with Gasteiger partial charge in [0.15, 0.2) is 11.5 Å². The quantitative estimate of drug-likeness (QED) is 0.676. The number of hydrogen-bond donors (Lipinski definition) is 1. The molecular formula is C15H14BrNO2. The van der Waals surface area contributed by atoms with Gasteiger partial charge in [-0.2, -0.15) is 0 Å². The fourth-order valence-electron chi connectivity index (χ4n) is 1.77. The number of ether oxygens (including phenoxy) is 2. The lowest BCUT2D eigenvalue weighted by atomic mass is 10.0. The van der Waals surface area contributed by atoms with Crippen molar-refractivity contribution in [2.75, 3.05) is 13.2 Å². The van der Waals surface area contributed by atoms with Crippen molar-refractivity contribution in [1.82, 2.24) is 0 Å². The highest BCUT2D eigenvalue weighted by Gasteiger charge is 2.14. The average Bonchev–Trinajstić information content (AvgIpc) is 2.43. The summed E-state index contributed by atoms with van der Waals surface area (Å²) in [7, 11) is 0. The minimum atomic E-state index is 0.368. The van der Waals surface area contributed by atoms with Crippen LogP contribution in [0.25, 0.3) is 0 Å². The Labute approximate surface area is 120 Å². The van der Waals surface area contributed by atoms with Gasteiger partial charge in [-0.05, 0) is 24.3 Å². The van der Waals surface area contributed by atoms with E-state index < -0.39 is 0 Å². The third-order valence-electron chi connectivity index (χ3n) is 2.65. The first-order chi connectivity index (χ1) is 9.11. The van der Waals surface area contributed by atoms with Crippen molar-refractivity contribution in [1.29, 1.82) is 5.41 Å². The van der Waals surface area contributed by atoms with E-state index in [1.54, 1.807) is 12.2 Å². The molecule has 19 heavy (non-hydrogen) atoms. The average molecular weight is 320 g/mol. The summed E-state index contributed by atoms with van der Waals surface area (Å²) < 4.78 is 11.7. The van der Waals surface area contributed by atoms with E-state index in [4.69, 9.17) is 14.9 Å². The van der Waals surface area contributed by atoms with Gasteiger partial charge >= 0.3 is 0 Å². The Morgan fingerprint density at radius 1 is 1.26 bits per heavy atom. The maximum atomic E-state index is 8.20. The Hall–Kier alpha value is -1.81. The second kappa shape index (κ2) is 5.89. The third-order valence-corrected chi connectivity index (χ3v) is 2.88. The molecule has 1 aromatic rings. The summed E-state index contributed by atoms with van der Waals surface area (Å²) in [5.74, 6) is 1.39. The molecule has 0 unspecified atom stereocenters. The molecule has 0 atom stereocenters. The second-order valence-electron chi connectivity index (χ2n) is 3.98. The largest absolute Gasteiger partial charge is 0.486 e. The second-order valence-corrected chi connectivity index (χ2v) is 5.00. The SMILES string of the molecule is C=C/C(=C\C(=C)Br)C(=N)c1ccc2c(c1)OCCO2. The standard InChI is InChI=1S/C15H14BrNO2/c1-3-11(8-10(2)16)15(17)12-4-5-13-14(9-12)19-7-6-18-13/h3-5,8-9,17H,1-2,6-7H2/b11-8+,17-15?. The highest BCUT2D eigenvalue weighted by atomic mass is 79.9. The van der Waals surface area contributed by atoms with Gasteiger partial charge in [-0.15, -0.1) is 0 Å². The van der Waals surface area contributed by atoms with Crippen molar-refractivity contribution in [3.05, 3.63) is 59.1 Å². The number of hydrogen-bond acceptors (Lipinski definition) is 3. The maximum absolute atomic E-state index is 8.20. The Kier molecular flexibility index (Phi) is 4.22. The van der Waals surface area contributed by atoms with Crippen LogP contribution in [0.15, 0.2) is 53.6 Å².